The summed E-state index contributed by atoms with van der Waals surface area (Å²) in [5, 5.41) is 3.13. The number of carbonyl (C=O) groups excluding carboxylic acids is 2. The molecule has 0 radical (unpaired) electrons. The zero-order chi connectivity index (χ0) is 21.4. The molecule has 2 aromatic rings. The van der Waals surface area contributed by atoms with Crippen molar-refractivity contribution in [2.24, 2.45) is 0 Å². The Bertz CT molecular complexity index is 990. The second kappa shape index (κ2) is 8.10. The van der Waals surface area contributed by atoms with E-state index in [2.05, 4.69) is 15.2 Å². The van der Waals surface area contributed by atoms with Gasteiger partial charge in [-0.15, -0.1) is 0 Å². The molecule has 2 aliphatic carbocycles. The third-order valence-electron chi connectivity index (χ3n) is 7.66. The van der Waals surface area contributed by atoms with E-state index in [1.165, 1.54) is 6.42 Å². The van der Waals surface area contributed by atoms with E-state index in [9.17, 15) is 9.59 Å². The third kappa shape index (κ3) is 3.35. The first-order valence-corrected chi connectivity index (χ1v) is 11.8. The number of rotatable bonds is 3. The minimum atomic E-state index is -0.439. The molecular weight excluding hydrogens is 386 g/mol. The lowest BCUT2D eigenvalue weighted by atomic mass is 9.64. The van der Waals surface area contributed by atoms with E-state index < -0.39 is 5.54 Å². The first kappa shape index (κ1) is 20.2. The number of anilines is 1. The molecule has 1 unspecified atom stereocenters. The summed E-state index contributed by atoms with van der Waals surface area (Å²) in [6.45, 7) is 1.96. The maximum absolute atomic E-state index is 13.9. The van der Waals surface area contributed by atoms with Gasteiger partial charge in [-0.1, -0.05) is 56.4 Å². The second-order valence-electron chi connectivity index (χ2n) is 9.46. The molecule has 5 nitrogen and oxygen atoms in total. The first-order valence-electron chi connectivity index (χ1n) is 11.8. The summed E-state index contributed by atoms with van der Waals surface area (Å²) in [6, 6.07) is 11.9. The van der Waals surface area contributed by atoms with Gasteiger partial charge in [-0.25, -0.2) is 4.98 Å². The van der Waals surface area contributed by atoms with Crippen LogP contribution in [-0.4, -0.2) is 33.3 Å². The SMILES string of the molecule is Cc1cccnc1NC(=O)C1c2ccccc2C(=O)N(C2CCCC2)C12CCCCC2. The van der Waals surface area contributed by atoms with E-state index in [4.69, 9.17) is 0 Å². The van der Waals surface area contributed by atoms with Crippen LogP contribution in [0.25, 0.3) is 0 Å². The quantitative estimate of drug-likeness (QED) is 0.745. The number of pyridine rings is 1. The highest BCUT2D eigenvalue weighted by molar-refractivity contribution is 6.05. The summed E-state index contributed by atoms with van der Waals surface area (Å²) < 4.78 is 0. The Morgan fingerprint density at radius 1 is 1.03 bits per heavy atom. The van der Waals surface area contributed by atoms with Crippen molar-refractivity contribution in [2.75, 3.05) is 5.32 Å². The molecule has 5 rings (SSSR count). The molecule has 0 saturated heterocycles. The van der Waals surface area contributed by atoms with Crippen molar-refractivity contribution in [3.8, 4) is 0 Å². The van der Waals surface area contributed by atoms with Gasteiger partial charge >= 0.3 is 0 Å². The highest BCUT2D eigenvalue weighted by atomic mass is 16.2. The predicted octanol–water partition coefficient (Wildman–Crippen LogP) is 5.21. The van der Waals surface area contributed by atoms with Gasteiger partial charge in [0.25, 0.3) is 5.91 Å². The number of hydrogen-bond acceptors (Lipinski definition) is 3. The molecule has 162 valence electrons. The van der Waals surface area contributed by atoms with Crippen molar-refractivity contribution >= 4 is 17.6 Å². The fourth-order valence-electron chi connectivity index (χ4n) is 6.28. The van der Waals surface area contributed by atoms with Crippen LogP contribution < -0.4 is 5.32 Å². The Hall–Kier alpha value is -2.69. The Morgan fingerprint density at radius 2 is 1.77 bits per heavy atom. The molecule has 1 aromatic heterocycles. The molecule has 3 aliphatic rings. The summed E-state index contributed by atoms with van der Waals surface area (Å²) in [4.78, 5) is 34.4. The van der Waals surface area contributed by atoms with E-state index >= 15 is 0 Å². The zero-order valence-electron chi connectivity index (χ0n) is 18.3. The number of hydrogen-bond donors (Lipinski definition) is 1. The summed E-state index contributed by atoms with van der Waals surface area (Å²) in [7, 11) is 0. The van der Waals surface area contributed by atoms with Crippen molar-refractivity contribution in [1.82, 2.24) is 9.88 Å². The maximum atomic E-state index is 13.9. The molecule has 2 fully saturated rings. The standard InChI is InChI=1S/C26H31N3O2/c1-18-10-9-17-27-23(18)28-24(30)22-20-13-5-6-14-21(20)25(31)29(19-11-3-4-12-19)26(22)15-7-2-8-16-26/h5-6,9-10,13-14,17,19,22H,2-4,7-8,11-12,15-16H2,1H3,(H,27,28,30). The number of aromatic nitrogens is 1. The van der Waals surface area contributed by atoms with Crippen LogP contribution in [0.1, 0.15) is 85.2 Å². The van der Waals surface area contributed by atoms with E-state index in [-0.39, 0.29) is 23.8 Å². The van der Waals surface area contributed by atoms with Crippen molar-refractivity contribution in [3.63, 3.8) is 0 Å². The largest absolute Gasteiger partial charge is 0.329 e. The number of carbonyl (C=O) groups is 2. The van der Waals surface area contributed by atoms with Gasteiger partial charge in [-0.3, -0.25) is 9.59 Å². The predicted molar refractivity (Wildman–Crippen MR) is 121 cm³/mol. The van der Waals surface area contributed by atoms with Crippen LogP contribution in [0.15, 0.2) is 42.6 Å². The van der Waals surface area contributed by atoms with Crippen LogP contribution in [-0.2, 0) is 4.79 Å². The molecule has 1 aromatic carbocycles. The normalized spacial score (nSPS) is 23.1. The summed E-state index contributed by atoms with van der Waals surface area (Å²) in [5.41, 5.74) is 2.09. The molecule has 1 spiro atoms. The molecule has 1 N–H and O–H groups in total. The minimum absolute atomic E-state index is 0.0355. The van der Waals surface area contributed by atoms with Crippen LogP contribution in [0.2, 0.25) is 0 Å². The topological polar surface area (TPSA) is 62.3 Å². The number of benzene rings is 1. The molecule has 31 heavy (non-hydrogen) atoms. The minimum Gasteiger partial charge on any atom is -0.329 e. The lowest BCUT2D eigenvalue weighted by Crippen LogP contribution is -2.64. The van der Waals surface area contributed by atoms with Crippen molar-refractivity contribution in [2.45, 2.75) is 82.2 Å². The van der Waals surface area contributed by atoms with Gasteiger partial charge < -0.3 is 10.2 Å². The summed E-state index contributed by atoms with van der Waals surface area (Å²) >= 11 is 0. The Morgan fingerprint density at radius 3 is 2.52 bits per heavy atom. The molecular formula is C26H31N3O2. The van der Waals surface area contributed by atoms with Gasteiger partial charge in [0, 0.05) is 17.8 Å². The summed E-state index contributed by atoms with van der Waals surface area (Å²) in [6.07, 6.45) is 11.2. The molecule has 5 heteroatoms. The molecule has 2 saturated carbocycles. The van der Waals surface area contributed by atoms with Gasteiger partial charge in [0.05, 0.1) is 11.5 Å². The number of nitrogens with one attached hydrogen (secondary N) is 1. The van der Waals surface area contributed by atoms with Gasteiger partial charge in [-0.05, 0) is 55.9 Å². The van der Waals surface area contributed by atoms with Crippen LogP contribution in [0.5, 0.6) is 0 Å². The molecule has 0 bridgehead atoms. The first-order chi connectivity index (χ1) is 15.1. The molecule has 2 amide bonds. The molecule has 1 aliphatic heterocycles. The average Bonchev–Trinajstić information content (AvgIpc) is 3.30. The lowest BCUT2D eigenvalue weighted by molar-refractivity contribution is -0.123. The van der Waals surface area contributed by atoms with Gasteiger partial charge in [-0.2, -0.15) is 0 Å². The highest BCUT2D eigenvalue weighted by Crippen LogP contribution is 2.51. The van der Waals surface area contributed by atoms with Crippen molar-refractivity contribution < 1.29 is 9.59 Å². The Kier molecular flexibility index (Phi) is 5.28. The fourth-order valence-corrected chi connectivity index (χ4v) is 6.28. The van der Waals surface area contributed by atoms with Crippen LogP contribution in [0.4, 0.5) is 5.82 Å². The average molecular weight is 418 g/mol. The zero-order valence-corrected chi connectivity index (χ0v) is 18.3. The van der Waals surface area contributed by atoms with Gasteiger partial charge in [0.2, 0.25) is 5.91 Å². The van der Waals surface area contributed by atoms with E-state index in [1.807, 2.05) is 43.3 Å². The number of nitrogens with zero attached hydrogens (tertiary/aromatic N) is 2. The molecule has 2 heterocycles. The van der Waals surface area contributed by atoms with Crippen LogP contribution in [0.3, 0.4) is 0 Å². The van der Waals surface area contributed by atoms with Crippen LogP contribution in [0, 0.1) is 6.92 Å². The maximum Gasteiger partial charge on any atom is 0.254 e. The van der Waals surface area contributed by atoms with Crippen LogP contribution >= 0.6 is 0 Å². The third-order valence-corrected chi connectivity index (χ3v) is 7.66. The number of amides is 2. The van der Waals surface area contributed by atoms with Gasteiger partial charge in [0.15, 0.2) is 0 Å². The fraction of sp³-hybridized carbons (Fsp3) is 0.500. The monoisotopic (exact) mass is 417 g/mol. The van der Waals surface area contributed by atoms with Crippen molar-refractivity contribution in [1.29, 1.82) is 0 Å². The lowest BCUT2D eigenvalue weighted by Gasteiger charge is -2.56. The second-order valence-corrected chi connectivity index (χ2v) is 9.46. The number of fused-ring (bicyclic) bond motifs is 1. The van der Waals surface area contributed by atoms with E-state index in [1.54, 1.807) is 6.20 Å². The van der Waals surface area contributed by atoms with Crippen molar-refractivity contribution in [3.05, 3.63) is 59.3 Å². The summed E-state index contributed by atoms with van der Waals surface area (Å²) in [5.74, 6) is 0.332. The Balaban J connectivity index is 1.63. The van der Waals surface area contributed by atoms with E-state index in [0.29, 0.717) is 11.4 Å². The molecule has 1 atom stereocenters. The smallest absolute Gasteiger partial charge is 0.254 e. The Labute approximate surface area is 184 Å². The highest BCUT2D eigenvalue weighted by Gasteiger charge is 2.56. The van der Waals surface area contributed by atoms with Gasteiger partial charge in [0.1, 0.15) is 5.82 Å². The number of aryl methyl sites for hydroxylation is 1. The van der Waals surface area contributed by atoms with E-state index in [0.717, 1.165) is 62.5 Å².